The van der Waals surface area contributed by atoms with Crippen molar-refractivity contribution in [1.82, 2.24) is 5.32 Å². The van der Waals surface area contributed by atoms with E-state index in [0.717, 1.165) is 12.8 Å². The Morgan fingerprint density at radius 2 is 1.87 bits per heavy atom. The van der Waals surface area contributed by atoms with E-state index in [-0.39, 0.29) is 29.0 Å². The van der Waals surface area contributed by atoms with E-state index >= 15 is 0 Å². The normalized spacial score (nSPS) is 13.5. The fourth-order valence-electron chi connectivity index (χ4n) is 2.64. The molecule has 9 heteroatoms. The Morgan fingerprint density at radius 3 is 2.43 bits per heavy atom. The van der Waals surface area contributed by atoms with Crippen LogP contribution in [0.3, 0.4) is 0 Å². The van der Waals surface area contributed by atoms with Gasteiger partial charge < -0.3 is 14.8 Å². The Labute approximate surface area is 169 Å². The molecule has 0 aliphatic heterocycles. The summed E-state index contributed by atoms with van der Waals surface area (Å²) in [5.74, 6) is -7.93. The van der Waals surface area contributed by atoms with Crippen LogP contribution in [0.4, 0.5) is 17.6 Å². The number of rotatable bonds is 7. The molecule has 0 heterocycles. The van der Waals surface area contributed by atoms with E-state index in [4.69, 9.17) is 9.47 Å². The number of hydrogen-bond acceptors (Lipinski definition) is 4. The topological polar surface area (TPSA) is 71.3 Å². The number of benzene rings is 2. The van der Waals surface area contributed by atoms with Crippen LogP contribution in [0.2, 0.25) is 0 Å². The first-order valence-corrected chi connectivity index (χ1v) is 8.89. The molecule has 156 valence electrons. The van der Waals surface area contributed by atoms with E-state index in [1.807, 2.05) is 6.07 Å². The standard InChI is InChI=1S/C21H16F4N2O3/c1-29-17-5-2-11(6-12(9-26)21(28)27-14-3-4-14)7-13(17)10-30-20-18(24)15(22)8-16(23)19(20)25/h2,5-8,14H,3-4,10H2,1H3,(H,27,28). The van der Waals surface area contributed by atoms with E-state index in [1.54, 1.807) is 6.07 Å². The van der Waals surface area contributed by atoms with Crippen LogP contribution < -0.4 is 14.8 Å². The molecular formula is C21H16F4N2O3. The molecule has 1 aliphatic carbocycles. The van der Waals surface area contributed by atoms with E-state index < -0.39 is 41.5 Å². The lowest BCUT2D eigenvalue weighted by atomic mass is 10.1. The minimum Gasteiger partial charge on any atom is -0.496 e. The molecule has 0 aromatic heterocycles. The fourth-order valence-corrected chi connectivity index (χ4v) is 2.64. The van der Waals surface area contributed by atoms with Gasteiger partial charge in [0.15, 0.2) is 17.4 Å². The van der Waals surface area contributed by atoms with Gasteiger partial charge in [0.25, 0.3) is 5.91 Å². The first-order valence-electron chi connectivity index (χ1n) is 8.89. The highest BCUT2D eigenvalue weighted by Crippen LogP contribution is 2.29. The molecule has 0 atom stereocenters. The molecule has 1 aliphatic rings. The second kappa shape index (κ2) is 8.86. The Balaban J connectivity index is 1.86. The second-order valence-corrected chi connectivity index (χ2v) is 6.57. The first kappa shape index (κ1) is 21.2. The van der Waals surface area contributed by atoms with Crippen molar-refractivity contribution < 1.29 is 31.8 Å². The summed E-state index contributed by atoms with van der Waals surface area (Å²) in [4.78, 5) is 12.1. The van der Waals surface area contributed by atoms with Gasteiger partial charge in [-0.2, -0.15) is 14.0 Å². The molecule has 1 amide bonds. The second-order valence-electron chi connectivity index (χ2n) is 6.57. The number of hydrogen-bond donors (Lipinski definition) is 1. The quantitative estimate of drug-likeness (QED) is 0.318. The summed E-state index contributed by atoms with van der Waals surface area (Å²) in [5.41, 5.74) is 0.570. The molecule has 0 unspecified atom stereocenters. The van der Waals surface area contributed by atoms with Crippen LogP contribution >= 0.6 is 0 Å². The molecule has 1 fully saturated rings. The van der Waals surface area contributed by atoms with Crippen LogP contribution in [0.25, 0.3) is 6.08 Å². The van der Waals surface area contributed by atoms with Gasteiger partial charge >= 0.3 is 0 Å². The summed E-state index contributed by atoms with van der Waals surface area (Å²) in [7, 11) is 1.35. The lowest BCUT2D eigenvalue weighted by Crippen LogP contribution is -2.26. The van der Waals surface area contributed by atoms with Gasteiger partial charge in [0.2, 0.25) is 11.6 Å². The van der Waals surface area contributed by atoms with Gasteiger partial charge in [-0.05, 0) is 36.6 Å². The van der Waals surface area contributed by atoms with Crippen molar-refractivity contribution in [3.63, 3.8) is 0 Å². The highest BCUT2D eigenvalue weighted by molar-refractivity contribution is 6.02. The third kappa shape index (κ3) is 4.71. The van der Waals surface area contributed by atoms with Gasteiger partial charge in [-0.3, -0.25) is 4.79 Å². The Kier molecular flexibility index (Phi) is 6.26. The van der Waals surface area contributed by atoms with Crippen LogP contribution in [-0.2, 0) is 11.4 Å². The third-order valence-electron chi connectivity index (χ3n) is 4.34. The molecular weight excluding hydrogens is 404 g/mol. The molecule has 1 N–H and O–H groups in total. The number of nitriles is 1. The van der Waals surface area contributed by atoms with Crippen LogP contribution in [0, 0.1) is 34.6 Å². The molecule has 3 rings (SSSR count). The smallest absolute Gasteiger partial charge is 0.262 e. The maximum atomic E-state index is 13.8. The van der Waals surface area contributed by atoms with Gasteiger partial charge in [-0.15, -0.1) is 0 Å². The first-order chi connectivity index (χ1) is 14.3. The zero-order valence-corrected chi connectivity index (χ0v) is 15.8. The van der Waals surface area contributed by atoms with Crippen LogP contribution in [-0.4, -0.2) is 19.1 Å². The molecule has 30 heavy (non-hydrogen) atoms. The van der Waals surface area contributed by atoms with E-state index in [0.29, 0.717) is 5.56 Å². The number of amides is 1. The zero-order valence-electron chi connectivity index (χ0n) is 15.8. The van der Waals surface area contributed by atoms with Crippen molar-refractivity contribution in [3.05, 3.63) is 64.2 Å². The average molecular weight is 420 g/mol. The maximum absolute atomic E-state index is 13.8. The summed E-state index contributed by atoms with van der Waals surface area (Å²) >= 11 is 0. The Bertz CT molecular complexity index is 1030. The Hall–Kier alpha value is -3.54. The molecule has 2 aromatic rings. The number of nitrogens with one attached hydrogen (secondary N) is 1. The summed E-state index contributed by atoms with van der Waals surface area (Å²) < 4.78 is 64.4. The summed E-state index contributed by atoms with van der Waals surface area (Å²) in [6, 6.07) is 6.50. The molecule has 0 spiro atoms. The van der Waals surface area contributed by atoms with Crippen molar-refractivity contribution in [3.8, 4) is 17.6 Å². The maximum Gasteiger partial charge on any atom is 0.262 e. The number of carbonyl (C=O) groups excluding carboxylic acids is 1. The summed E-state index contributed by atoms with van der Waals surface area (Å²) in [5, 5.41) is 11.9. The van der Waals surface area contributed by atoms with Gasteiger partial charge in [0, 0.05) is 17.7 Å². The molecule has 0 bridgehead atoms. The number of halogens is 4. The largest absolute Gasteiger partial charge is 0.496 e. The monoisotopic (exact) mass is 420 g/mol. The third-order valence-corrected chi connectivity index (χ3v) is 4.34. The minimum atomic E-state index is -1.66. The van der Waals surface area contributed by atoms with Crippen LogP contribution in [0.15, 0.2) is 29.8 Å². The summed E-state index contributed by atoms with van der Waals surface area (Å²) in [6.07, 6.45) is 3.06. The van der Waals surface area contributed by atoms with Gasteiger partial charge in [0.05, 0.1) is 7.11 Å². The van der Waals surface area contributed by atoms with E-state index in [2.05, 4.69) is 5.32 Å². The molecule has 0 radical (unpaired) electrons. The number of ether oxygens (including phenoxy) is 2. The number of nitrogens with zero attached hydrogens (tertiary/aromatic N) is 1. The van der Waals surface area contributed by atoms with Crippen molar-refractivity contribution >= 4 is 12.0 Å². The SMILES string of the molecule is COc1ccc(C=C(C#N)C(=O)NC2CC2)cc1COc1c(F)c(F)cc(F)c1F. The van der Waals surface area contributed by atoms with Crippen LogP contribution in [0.5, 0.6) is 11.5 Å². The van der Waals surface area contributed by atoms with Gasteiger partial charge in [-0.25, -0.2) is 8.78 Å². The van der Waals surface area contributed by atoms with Crippen LogP contribution in [0.1, 0.15) is 24.0 Å². The lowest BCUT2D eigenvalue weighted by Gasteiger charge is -2.13. The Morgan fingerprint density at radius 1 is 1.20 bits per heavy atom. The molecule has 0 saturated heterocycles. The number of methoxy groups -OCH3 is 1. The van der Waals surface area contributed by atoms with E-state index in [9.17, 15) is 27.6 Å². The zero-order chi connectivity index (χ0) is 21.8. The highest BCUT2D eigenvalue weighted by Gasteiger charge is 2.25. The van der Waals surface area contributed by atoms with Crippen molar-refractivity contribution in [2.24, 2.45) is 0 Å². The lowest BCUT2D eigenvalue weighted by molar-refractivity contribution is -0.117. The molecule has 2 aromatic carbocycles. The predicted octanol–water partition coefficient (Wildman–Crippen LogP) is 4.02. The predicted molar refractivity (Wildman–Crippen MR) is 98.4 cm³/mol. The van der Waals surface area contributed by atoms with Crippen molar-refractivity contribution in [2.45, 2.75) is 25.5 Å². The van der Waals surface area contributed by atoms with Crippen molar-refractivity contribution in [2.75, 3.05) is 7.11 Å². The van der Waals surface area contributed by atoms with Gasteiger partial charge in [-0.1, -0.05) is 6.07 Å². The van der Waals surface area contributed by atoms with Gasteiger partial charge in [0.1, 0.15) is 24.0 Å². The van der Waals surface area contributed by atoms with Crippen molar-refractivity contribution in [1.29, 1.82) is 5.26 Å². The fraction of sp³-hybridized carbons (Fsp3) is 0.238. The molecule has 1 saturated carbocycles. The average Bonchev–Trinajstić information content (AvgIpc) is 3.54. The van der Waals surface area contributed by atoms with E-state index in [1.165, 1.54) is 25.3 Å². The minimum absolute atomic E-state index is 0.0746. The highest BCUT2D eigenvalue weighted by atomic mass is 19.2. The summed E-state index contributed by atoms with van der Waals surface area (Å²) in [6.45, 7) is -0.488. The number of carbonyl (C=O) groups is 1. The molecule has 5 nitrogen and oxygen atoms in total.